The fraction of sp³-hybridized carbons (Fsp3) is 0.426. The fourth-order valence-corrected chi connectivity index (χ4v) is 10.9. The van der Waals surface area contributed by atoms with Gasteiger partial charge in [0, 0.05) is 62.3 Å². The Balaban J connectivity index is 0.685. The van der Waals surface area contributed by atoms with Gasteiger partial charge in [-0.25, -0.2) is 4.98 Å². The Labute approximate surface area is 423 Å². The highest BCUT2D eigenvalue weighted by Crippen LogP contribution is 2.36. The van der Waals surface area contributed by atoms with E-state index in [9.17, 15) is 24.6 Å². The summed E-state index contributed by atoms with van der Waals surface area (Å²) in [5, 5.41) is 36.2. The molecular formula is C54H63N9O8S. The number of rotatable bonds is 18. The third-order valence-corrected chi connectivity index (χ3v) is 15.3. The molecule has 378 valence electrons. The number of amides is 3. The van der Waals surface area contributed by atoms with E-state index >= 15 is 0 Å². The highest BCUT2D eigenvalue weighted by Gasteiger charge is 2.44. The van der Waals surface area contributed by atoms with E-state index in [0.717, 1.165) is 66.3 Å². The summed E-state index contributed by atoms with van der Waals surface area (Å²) in [6.07, 6.45) is 2.02. The van der Waals surface area contributed by atoms with Crippen LogP contribution in [0.15, 0.2) is 95.0 Å². The molecule has 0 radical (unpaired) electrons. The Hall–Kier alpha value is -6.89. The highest BCUT2D eigenvalue weighted by atomic mass is 32.1. The smallest absolute Gasteiger partial charge is 0.254 e. The topological polar surface area (TPSA) is 223 Å². The third-order valence-electron chi connectivity index (χ3n) is 14.4. The zero-order valence-electron chi connectivity index (χ0n) is 41.1. The molecule has 3 amide bonds. The summed E-state index contributed by atoms with van der Waals surface area (Å²) in [5.74, 6) is 0.857. The quantitative estimate of drug-likeness (QED) is 0.0687. The van der Waals surface area contributed by atoms with Crippen molar-refractivity contribution in [2.75, 3.05) is 58.2 Å². The van der Waals surface area contributed by atoms with Crippen molar-refractivity contribution in [1.29, 1.82) is 0 Å². The standard InChI is InChI=1S/C54H63N9O8S/c1-32(2)49(54(68)63-30-41(64)25-44(63)52(66)57-33(3)36-13-15-38(16-14-36)50-34(4)56-31-72-50)46-27-48(60-71-46)70-24-22-61-20-17-37(18-21-61)40-28-62(29-40)53(67)39-11-9-35(10-12-39)19-23-69-47-26-43(58-59-51(47)55)42-7-5-6-8-45(42)65/h5-16,26-27,31-33,37,40-41,44,49,64-65H,17-25,28-30H2,1-4H3,(H2,55,59)(H,57,66)/t33-,41+,44-,49+/m0/s1. The number of aromatic nitrogens is 4. The molecule has 0 bridgehead atoms. The van der Waals surface area contributed by atoms with E-state index in [1.54, 1.807) is 47.7 Å². The van der Waals surface area contributed by atoms with Gasteiger partial charge in [-0.2, -0.15) is 0 Å². The van der Waals surface area contributed by atoms with Crippen molar-refractivity contribution in [3.05, 3.63) is 119 Å². The molecule has 6 aromatic rings. The first-order valence-electron chi connectivity index (χ1n) is 24.8. The number of aliphatic hydroxyl groups is 1. The minimum Gasteiger partial charge on any atom is -0.507 e. The largest absolute Gasteiger partial charge is 0.507 e. The van der Waals surface area contributed by atoms with Gasteiger partial charge in [0.25, 0.3) is 11.8 Å². The zero-order valence-corrected chi connectivity index (χ0v) is 42.0. The van der Waals surface area contributed by atoms with Crippen LogP contribution in [0.3, 0.4) is 0 Å². The number of benzene rings is 3. The Morgan fingerprint density at radius 3 is 2.38 bits per heavy atom. The number of aliphatic hydroxyl groups excluding tert-OH is 1. The minimum absolute atomic E-state index is 0.0456. The second kappa shape index (κ2) is 22.3. The van der Waals surface area contributed by atoms with E-state index in [1.165, 1.54) is 4.90 Å². The van der Waals surface area contributed by atoms with Gasteiger partial charge < -0.3 is 45.1 Å². The van der Waals surface area contributed by atoms with Crippen LogP contribution < -0.4 is 20.5 Å². The number of nitrogens with two attached hydrogens (primary N) is 1. The average molecular weight is 998 g/mol. The number of aryl methyl sites for hydroxylation is 1. The summed E-state index contributed by atoms with van der Waals surface area (Å²) in [6, 6.07) is 24.7. The number of nitrogens with zero attached hydrogens (tertiary/aromatic N) is 7. The molecule has 4 atom stereocenters. The molecule has 0 aliphatic carbocycles. The van der Waals surface area contributed by atoms with Crippen LogP contribution in [0.1, 0.15) is 84.9 Å². The summed E-state index contributed by atoms with van der Waals surface area (Å²) < 4.78 is 17.7. The van der Waals surface area contributed by atoms with Gasteiger partial charge in [0.05, 0.1) is 34.8 Å². The van der Waals surface area contributed by atoms with Gasteiger partial charge >= 0.3 is 0 Å². The maximum Gasteiger partial charge on any atom is 0.254 e. The summed E-state index contributed by atoms with van der Waals surface area (Å²) in [5.41, 5.74) is 13.5. The van der Waals surface area contributed by atoms with Crippen LogP contribution in [0.25, 0.3) is 21.7 Å². The van der Waals surface area contributed by atoms with Crippen LogP contribution >= 0.6 is 11.3 Å². The number of piperidine rings is 1. The number of hydrogen-bond donors (Lipinski definition) is 4. The molecule has 3 fully saturated rings. The normalized spacial score (nSPS) is 18.5. The number of likely N-dealkylation sites (tertiary alicyclic amines) is 3. The molecule has 5 N–H and O–H groups in total. The molecule has 3 aliphatic heterocycles. The SMILES string of the molecule is Cc1ncsc1-c1ccc([C@H](C)NC(=O)[C@@H]2C[C@@H](O)CN2C(=O)[C@@H](c2cc(OCCN3CCC(C4CN(C(=O)c5ccc(CCOc6cc(-c7ccccc7O)nnc6N)cc5)C4)CC3)no2)C(C)C)cc1. The lowest BCUT2D eigenvalue weighted by Gasteiger charge is -2.46. The van der Waals surface area contributed by atoms with Crippen molar-refractivity contribution in [1.82, 2.24) is 40.4 Å². The lowest BCUT2D eigenvalue weighted by Crippen LogP contribution is -2.54. The molecule has 3 aromatic heterocycles. The maximum absolute atomic E-state index is 14.2. The summed E-state index contributed by atoms with van der Waals surface area (Å²) in [4.78, 5) is 52.6. The molecule has 6 heterocycles. The van der Waals surface area contributed by atoms with Crippen LogP contribution in [-0.2, 0) is 16.0 Å². The molecule has 0 unspecified atom stereocenters. The number of carbonyl (C=O) groups excluding carboxylic acids is 3. The van der Waals surface area contributed by atoms with Gasteiger partial charge in [0.2, 0.25) is 11.8 Å². The first kappa shape index (κ1) is 50.1. The minimum atomic E-state index is -0.834. The number of hydrogen-bond acceptors (Lipinski definition) is 15. The molecule has 0 saturated carbocycles. The molecule has 3 aromatic carbocycles. The number of nitrogens with one attached hydrogen (secondary N) is 1. The van der Waals surface area contributed by atoms with Crippen molar-refractivity contribution in [2.45, 2.75) is 77.5 Å². The number of nitrogen functional groups attached to an aromatic ring is 1. The second-order valence-corrected chi connectivity index (χ2v) is 20.4. The molecule has 0 spiro atoms. The summed E-state index contributed by atoms with van der Waals surface area (Å²) in [7, 11) is 0. The van der Waals surface area contributed by atoms with Gasteiger partial charge in [-0.05, 0) is 104 Å². The molecule has 3 saturated heterocycles. The van der Waals surface area contributed by atoms with Gasteiger partial charge in [-0.3, -0.25) is 19.3 Å². The lowest BCUT2D eigenvalue weighted by atomic mass is 9.79. The monoisotopic (exact) mass is 997 g/mol. The van der Waals surface area contributed by atoms with E-state index in [4.69, 9.17) is 19.7 Å². The first-order chi connectivity index (χ1) is 34.8. The maximum atomic E-state index is 14.2. The van der Waals surface area contributed by atoms with Crippen LogP contribution in [0.5, 0.6) is 17.4 Å². The molecule has 9 rings (SSSR count). The Bertz CT molecular complexity index is 2820. The second-order valence-electron chi connectivity index (χ2n) is 19.6. The first-order valence-corrected chi connectivity index (χ1v) is 25.7. The number of carbonyl (C=O) groups is 3. The third kappa shape index (κ3) is 11.4. The number of ether oxygens (including phenoxy) is 2. The van der Waals surface area contributed by atoms with Crippen molar-refractivity contribution >= 4 is 34.9 Å². The van der Waals surface area contributed by atoms with Gasteiger partial charge in [0.1, 0.15) is 30.0 Å². The highest BCUT2D eigenvalue weighted by molar-refractivity contribution is 7.13. The van der Waals surface area contributed by atoms with E-state index in [0.29, 0.717) is 72.2 Å². The molecule has 72 heavy (non-hydrogen) atoms. The molecular weight excluding hydrogens is 935 g/mol. The average Bonchev–Trinajstić information content (AvgIpc) is 4.12. The Morgan fingerprint density at radius 1 is 0.917 bits per heavy atom. The summed E-state index contributed by atoms with van der Waals surface area (Å²) in [6.45, 7) is 12.6. The molecule has 18 heteroatoms. The zero-order chi connectivity index (χ0) is 50.5. The van der Waals surface area contributed by atoms with E-state index in [1.807, 2.05) is 86.6 Å². The van der Waals surface area contributed by atoms with Crippen LogP contribution in [-0.4, -0.2) is 128 Å². The predicted molar refractivity (Wildman–Crippen MR) is 272 cm³/mol. The van der Waals surface area contributed by atoms with Crippen molar-refractivity contribution < 1.29 is 38.6 Å². The van der Waals surface area contributed by atoms with Crippen LogP contribution in [0.4, 0.5) is 5.82 Å². The van der Waals surface area contributed by atoms with Crippen molar-refractivity contribution in [2.24, 2.45) is 17.8 Å². The number of aromatic hydroxyl groups is 1. The lowest BCUT2D eigenvalue weighted by molar-refractivity contribution is -0.141. The fourth-order valence-electron chi connectivity index (χ4n) is 10.1. The Kier molecular flexibility index (Phi) is 15.5. The summed E-state index contributed by atoms with van der Waals surface area (Å²) >= 11 is 1.59. The molecule has 3 aliphatic rings. The van der Waals surface area contributed by atoms with Gasteiger partial charge in [-0.15, -0.1) is 21.5 Å². The van der Waals surface area contributed by atoms with E-state index in [-0.39, 0.29) is 54.2 Å². The number of β-amino-alcohol motifs (C(OH)–C–C–N with tert-alkyl or cyclic N) is 1. The van der Waals surface area contributed by atoms with E-state index in [2.05, 4.69) is 30.6 Å². The van der Waals surface area contributed by atoms with Crippen LogP contribution in [0.2, 0.25) is 0 Å². The van der Waals surface area contributed by atoms with Crippen molar-refractivity contribution in [3.63, 3.8) is 0 Å². The number of anilines is 1. The molecule has 17 nitrogen and oxygen atoms in total. The predicted octanol–water partition coefficient (Wildman–Crippen LogP) is 6.91. The number of phenolic OH excluding ortho intramolecular Hbond substituents is 1. The Morgan fingerprint density at radius 2 is 1.67 bits per heavy atom. The number of para-hydroxylation sites is 1. The van der Waals surface area contributed by atoms with Crippen LogP contribution in [0, 0.1) is 24.7 Å². The van der Waals surface area contributed by atoms with Crippen molar-refractivity contribution in [3.8, 4) is 39.1 Å². The number of phenols is 1. The van der Waals surface area contributed by atoms with Gasteiger partial charge in [0.15, 0.2) is 17.3 Å². The van der Waals surface area contributed by atoms with E-state index < -0.39 is 18.1 Å². The number of thiazole rings is 1. The van der Waals surface area contributed by atoms with Gasteiger partial charge in [-0.1, -0.05) is 62.4 Å².